The number of aromatic nitrogens is 1. The Morgan fingerprint density at radius 1 is 1.00 bits per heavy atom. The molecule has 0 aliphatic carbocycles. The average Bonchev–Trinajstić information content (AvgIpc) is 3.40. The van der Waals surface area contributed by atoms with Gasteiger partial charge in [-0.1, -0.05) is 53.8 Å². The van der Waals surface area contributed by atoms with Crippen LogP contribution in [0.4, 0.5) is 9.52 Å². The Labute approximate surface area is 176 Å². The first-order valence-electron chi connectivity index (χ1n) is 9.45. The molecule has 30 heavy (non-hydrogen) atoms. The monoisotopic (exact) mass is 420 g/mol. The molecule has 3 aromatic carbocycles. The summed E-state index contributed by atoms with van der Waals surface area (Å²) >= 11 is 1.31. The number of fused-ring (bicyclic) bond motifs is 2. The van der Waals surface area contributed by atoms with Crippen LogP contribution in [0.25, 0.3) is 10.2 Å². The van der Waals surface area contributed by atoms with Crippen LogP contribution in [0.2, 0.25) is 0 Å². The molecule has 1 aromatic heterocycles. The van der Waals surface area contributed by atoms with E-state index in [1.807, 2.05) is 48.5 Å². The summed E-state index contributed by atoms with van der Waals surface area (Å²) in [4.78, 5) is 19.4. The van der Waals surface area contributed by atoms with Crippen molar-refractivity contribution in [2.45, 2.75) is 13.0 Å². The van der Waals surface area contributed by atoms with Gasteiger partial charge in [-0.3, -0.25) is 9.69 Å². The largest absolute Gasteiger partial charge is 0.454 e. The summed E-state index contributed by atoms with van der Waals surface area (Å²) in [6, 6.07) is 20.0. The van der Waals surface area contributed by atoms with Crippen molar-refractivity contribution in [2.24, 2.45) is 0 Å². The van der Waals surface area contributed by atoms with Crippen molar-refractivity contribution in [1.29, 1.82) is 0 Å². The number of hydrogen-bond donors (Lipinski definition) is 0. The molecule has 150 valence electrons. The molecule has 5 rings (SSSR count). The topological polar surface area (TPSA) is 51.7 Å². The molecular weight excluding hydrogens is 403 g/mol. The maximum atomic E-state index is 14.2. The van der Waals surface area contributed by atoms with E-state index in [1.54, 1.807) is 17.0 Å². The molecule has 0 saturated heterocycles. The minimum absolute atomic E-state index is 0.128. The normalized spacial score (nSPS) is 12.3. The van der Waals surface area contributed by atoms with Crippen LogP contribution in [0.3, 0.4) is 0 Å². The number of para-hydroxylation sites is 1. The molecule has 7 heteroatoms. The van der Waals surface area contributed by atoms with Gasteiger partial charge in [0.1, 0.15) is 11.3 Å². The van der Waals surface area contributed by atoms with Crippen molar-refractivity contribution in [3.05, 3.63) is 83.7 Å². The number of ether oxygens (including phenoxy) is 2. The lowest BCUT2D eigenvalue weighted by Crippen LogP contribution is -2.31. The number of rotatable bonds is 5. The van der Waals surface area contributed by atoms with E-state index in [-0.39, 0.29) is 24.6 Å². The summed E-state index contributed by atoms with van der Waals surface area (Å²) < 4.78 is 25.6. The van der Waals surface area contributed by atoms with Crippen molar-refractivity contribution in [1.82, 2.24) is 4.98 Å². The van der Waals surface area contributed by atoms with Crippen LogP contribution in [-0.4, -0.2) is 17.7 Å². The van der Waals surface area contributed by atoms with E-state index in [2.05, 4.69) is 4.98 Å². The van der Waals surface area contributed by atoms with E-state index in [9.17, 15) is 9.18 Å². The standard InChI is InChI=1S/C23H17FN2O3S/c24-17-7-4-8-20-22(17)25-23(30-20)26(13-15-5-2-1-3-6-15)21(27)12-16-9-10-18-19(11-16)29-14-28-18/h1-11H,12-14H2. The maximum absolute atomic E-state index is 14.2. The van der Waals surface area contributed by atoms with Gasteiger partial charge in [0.15, 0.2) is 16.6 Å². The highest BCUT2D eigenvalue weighted by Crippen LogP contribution is 2.34. The summed E-state index contributed by atoms with van der Waals surface area (Å²) in [5.74, 6) is 0.793. The molecule has 2 heterocycles. The number of benzene rings is 3. The Morgan fingerprint density at radius 2 is 1.83 bits per heavy atom. The van der Waals surface area contributed by atoms with Gasteiger partial charge in [0, 0.05) is 0 Å². The number of halogens is 1. The van der Waals surface area contributed by atoms with Gasteiger partial charge in [-0.25, -0.2) is 9.37 Å². The van der Waals surface area contributed by atoms with Crippen LogP contribution in [0.1, 0.15) is 11.1 Å². The van der Waals surface area contributed by atoms with Crippen LogP contribution in [0.15, 0.2) is 66.7 Å². The summed E-state index contributed by atoms with van der Waals surface area (Å²) in [6.45, 7) is 0.538. The summed E-state index contributed by atoms with van der Waals surface area (Å²) in [7, 11) is 0. The number of amides is 1. The predicted molar refractivity (Wildman–Crippen MR) is 113 cm³/mol. The first kappa shape index (κ1) is 18.6. The Morgan fingerprint density at radius 3 is 2.67 bits per heavy atom. The Hall–Kier alpha value is -3.45. The van der Waals surface area contributed by atoms with Gasteiger partial charge in [0.2, 0.25) is 12.7 Å². The van der Waals surface area contributed by atoms with Crippen LogP contribution < -0.4 is 14.4 Å². The first-order chi connectivity index (χ1) is 14.7. The summed E-state index contributed by atoms with van der Waals surface area (Å²) in [5, 5.41) is 0.477. The van der Waals surface area contributed by atoms with Gasteiger partial charge in [-0.15, -0.1) is 0 Å². The molecule has 0 spiro atoms. The smallest absolute Gasteiger partial charge is 0.233 e. The predicted octanol–water partition coefficient (Wildman–Crippen LogP) is 4.94. The third-order valence-electron chi connectivity index (χ3n) is 4.87. The molecule has 1 aliphatic rings. The lowest BCUT2D eigenvalue weighted by Gasteiger charge is -2.20. The van der Waals surface area contributed by atoms with Gasteiger partial charge >= 0.3 is 0 Å². The third-order valence-corrected chi connectivity index (χ3v) is 5.91. The molecule has 0 radical (unpaired) electrons. The van der Waals surface area contributed by atoms with Gasteiger partial charge in [0.25, 0.3) is 0 Å². The first-order valence-corrected chi connectivity index (χ1v) is 10.3. The second-order valence-electron chi connectivity index (χ2n) is 6.91. The molecule has 0 fully saturated rings. The number of anilines is 1. The highest BCUT2D eigenvalue weighted by Gasteiger charge is 2.22. The number of thiazole rings is 1. The molecule has 0 saturated carbocycles. The molecule has 5 nitrogen and oxygen atoms in total. The minimum atomic E-state index is -0.391. The van der Waals surface area contributed by atoms with Crippen LogP contribution in [0.5, 0.6) is 11.5 Å². The zero-order valence-electron chi connectivity index (χ0n) is 15.9. The molecule has 0 bridgehead atoms. The fourth-order valence-electron chi connectivity index (χ4n) is 3.37. The zero-order valence-corrected chi connectivity index (χ0v) is 16.7. The average molecular weight is 420 g/mol. The maximum Gasteiger partial charge on any atom is 0.233 e. The number of nitrogens with zero attached hydrogens (tertiary/aromatic N) is 2. The van der Waals surface area contributed by atoms with E-state index in [1.165, 1.54) is 17.4 Å². The van der Waals surface area contributed by atoms with Gasteiger partial charge < -0.3 is 9.47 Å². The fourth-order valence-corrected chi connectivity index (χ4v) is 4.36. The van der Waals surface area contributed by atoms with E-state index < -0.39 is 5.82 Å². The van der Waals surface area contributed by atoms with E-state index in [4.69, 9.17) is 9.47 Å². The number of carbonyl (C=O) groups is 1. The fraction of sp³-hybridized carbons (Fsp3) is 0.130. The number of carbonyl (C=O) groups excluding carboxylic acids is 1. The van der Waals surface area contributed by atoms with Crippen LogP contribution in [-0.2, 0) is 17.8 Å². The quantitative estimate of drug-likeness (QED) is 0.459. The lowest BCUT2D eigenvalue weighted by molar-refractivity contribution is -0.118. The molecule has 1 amide bonds. The zero-order chi connectivity index (χ0) is 20.5. The molecular formula is C23H17FN2O3S. The SMILES string of the molecule is O=C(Cc1ccc2c(c1)OCO2)N(Cc1ccccc1)c1nc2c(F)cccc2s1. The van der Waals surface area contributed by atoms with Crippen molar-refractivity contribution in [3.8, 4) is 11.5 Å². The molecule has 4 aromatic rings. The molecule has 1 aliphatic heterocycles. The highest BCUT2D eigenvalue weighted by molar-refractivity contribution is 7.22. The second kappa shape index (κ2) is 7.76. The second-order valence-corrected chi connectivity index (χ2v) is 7.92. The van der Waals surface area contributed by atoms with Gasteiger partial charge in [-0.2, -0.15) is 0 Å². The molecule has 0 N–H and O–H groups in total. The Balaban J connectivity index is 1.48. The van der Waals surface area contributed by atoms with Crippen molar-refractivity contribution in [2.75, 3.05) is 11.7 Å². The highest BCUT2D eigenvalue weighted by atomic mass is 32.1. The van der Waals surface area contributed by atoms with E-state index in [0.29, 0.717) is 27.9 Å². The van der Waals surface area contributed by atoms with Crippen molar-refractivity contribution < 1.29 is 18.7 Å². The van der Waals surface area contributed by atoms with E-state index >= 15 is 0 Å². The van der Waals surface area contributed by atoms with Crippen LogP contribution in [0, 0.1) is 5.82 Å². The van der Waals surface area contributed by atoms with Crippen molar-refractivity contribution >= 4 is 32.6 Å². The van der Waals surface area contributed by atoms with Gasteiger partial charge in [0.05, 0.1) is 17.7 Å². The van der Waals surface area contributed by atoms with Crippen LogP contribution >= 0.6 is 11.3 Å². The summed E-state index contributed by atoms with van der Waals surface area (Å²) in [5.41, 5.74) is 2.07. The Bertz CT molecular complexity index is 1230. The lowest BCUT2D eigenvalue weighted by atomic mass is 10.1. The van der Waals surface area contributed by atoms with Gasteiger partial charge in [-0.05, 0) is 35.4 Å². The molecule has 0 unspecified atom stereocenters. The third kappa shape index (κ3) is 3.59. The minimum Gasteiger partial charge on any atom is -0.454 e. The Kier molecular flexibility index (Phi) is 4.80. The number of hydrogen-bond acceptors (Lipinski definition) is 5. The molecule has 0 atom stereocenters. The van der Waals surface area contributed by atoms with E-state index in [0.717, 1.165) is 11.1 Å². The summed E-state index contributed by atoms with van der Waals surface area (Å²) in [6.07, 6.45) is 0.169. The van der Waals surface area contributed by atoms with Crippen molar-refractivity contribution in [3.63, 3.8) is 0 Å².